The average molecular weight is 497 g/mol. The molecule has 0 aliphatic carbocycles. The van der Waals surface area contributed by atoms with Crippen molar-refractivity contribution >= 4 is 17.4 Å². The van der Waals surface area contributed by atoms with Crippen LogP contribution in [0.4, 0.5) is 32.2 Å². The van der Waals surface area contributed by atoms with Gasteiger partial charge in [0, 0.05) is 28.5 Å². The number of aromatic nitrogens is 3. The number of hydrogen-bond acceptors (Lipinski definition) is 3. The Morgan fingerprint density at radius 2 is 1.47 bits per heavy atom. The Kier molecular flexibility index (Phi) is 6.03. The lowest BCUT2D eigenvalue weighted by molar-refractivity contribution is -0.141. The van der Waals surface area contributed by atoms with E-state index in [1.54, 1.807) is 24.3 Å². The number of halogens is 7. The summed E-state index contributed by atoms with van der Waals surface area (Å²) in [5, 5.41) is 4.13. The van der Waals surface area contributed by atoms with Crippen molar-refractivity contribution < 1.29 is 26.3 Å². The molecule has 0 radical (unpaired) electrons. The van der Waals surface area contributed by atoms with Gasteiger partial charge >= 0.3 is 12.4 Å². The van der Waals surface area contributed by atoms with Crippen molar-refractivity contribution in [1.29, 1.82) is 0 Å². The van der Waals surface area contributed by atoms with Crippen LogP contribution in [0.1, 0.15) is 16.8 Å². The van der Waals surface area contributed by atoms with Gasteiger partial charge in [-0.1, -0.05) is 35.9 Å². The summed E-state index contributed by atoms with van der Waals surface area (Å²) in [4.78, 5) is 4.00. The number of benzene rings is 2. The second kappa shape index (κ2) is 8.68. The first-order valence-electron chi connectivity index (χ1n) is 9.75. The van der Waals surface area contributed by atoms with Gasteiger partial charge in [0.15, 0.2) is 5.69 Å². The Balaban J connectivity index is 1.79. The molecule has 0 saturated carbocycles. The van der Waals surface area contributed by atoms with Crippen molar-refractivity contribution in [3.05, 3.63) is 88.8 Å². The van der Waals surface area contributed by atoms with Crippen LogP contribution in [0, 0.1) is 0 Å². The summed E-state index contributed by atoms with van der Waals surface area (Å²) in [6.07, 6.45) is -6.83. The van der Waals surface area contributed by atoms with Crippen LogP contribution < -0.4 is 5.73 Å². The molecule has 4 nitrogen and oxygen atoms in total. The number of alkyl halides is 6. The minimum Gasteiger partial charge on any atom is -0.383 e. The van der Waals surface area contributed by atoms with Crippen molar-refractivity contribution in [2.75, 3.05) is 5.73 Å². The van der Waals surface area contributed by atoms with E-state index in [4.69, 9.17) is 17.3 Å². The van der Waals surface area contributed by atoms with Gasteiger partial charge in [-0.25, -0.2) is 4.98 Å². The van der Waals surface area contributed by atoms with Gasteiger partial charge < -0.3 is 5.73 Å². The largest absolute Gasteiger partial charge is 0.435 e. The van der Waals surface area contributed by atoms with E-state index in [9.17, 15) is 26.3 Å². The van der Waals surface area contributed by atoms with Gasteiger partial charge in [0.1, 0.15) is 5.82 Å². The molecule has 2 aromatic carbocycles. The van der Waals surface area contributed by atoms with Crippen LogP contribution in [0.15, 0.2) is 67.0 Å². The first kappa shape index (κ1) is 23.6. The van der Waals surface area contributed by atoms with E-state index in [-0.39, 0.29) is 29.1 Å². The van der Waals surface area contributed by atoms with Gasteiger partial charge in [0.05, 0.1) is 12.1 Å². The topological polar surface area (TPSA) is 56.7 Å². The molecule has 0 saturated heterocycles. The molecule has 0 fully saturated rings. The highest BCUT2D eigenvalue weighted by Gasteiger charge is 2.38. The second-order valence-electron chi connectivity index (χ2n) is 7.41. The lowest BCUT2D eigenvalue weighted by atomic mass is 9.95. The number of nitrogens with zero attached hydrogens (tertiary/aromatic N) is 3. The van der Waals surface area contributed by atoms with Gasteiger partial charge in [-0.05, 0) is 47.0 Å². The Bertz CT molecular complexity index is 1310. The highest BCUT2D eigenvalue weighted by Crippen LogP contribution is 2.42. The fourth-order valence-electron chi connectivity index (χ4n) is 3.52. The maximum absolute atomic E-state index is 13.9. The highest BCUT2D eigenvalue weighted by atomic mass is 35.5. The van der Waals surface area contributed by atoms with E-state index < -0.39 is 23.6 Å². The number of nitrogen functional groups attached to an aromatic ring is 1. The van der Waals surface area contributed by atoms with E-state index in [2.05, 4.69) is 10.1 Å². The average Bonchev–Trinajstić information content (AvgIpc) is 3.18. The molecule has 2 heterocycles. The molecule has 0 aliphatic rings. The smallest absolute Gasteiger partial charge is 0.383 e. The minimum absolute atomic E-state index is 0.0171. The van der Waals surface area contributed by atoms with E-state index in [0.29, 0.717) is 16.1 Å². The fraction of sp³-hybridized carbons (Fsp3) is 0.130. The fourth-order valence-corrected chi connectivity index (χ4v) is 3.64. The molecule has 0 bridgehead atoms. The Hall–Kier alpha value is -3.53. The second-order valence-corrected chi connectivity index (χ2v) is 7.84. The number of hydrogen-bond donors (Lipinski definition) is 1. The number of anilines is 1. The third-order valence-electron chi connectivity index (χ3n) is 5.06. The van der Waals surface area contributed by atoms with Crippen LogP contribution in [0.25, 0.3) is 22.3 Å². The molecule has 34 heavy (non-hydrogen) atoms. The molecule has 11 heteroatoms. The molecule has 0 spiro atoms. The van der Waals surface area contributed by atoms with E-state index >= 15 is 0 Å². The summed E-state index contributed by atoms with van der Waals surface area (Å²) in [7, 11) is 0. The molecular formula is C23H15ClF6N4. The summed E-state index contributed by atoms with van der Waals surface area (Å²) >= 11 is 5.92. The van der Waals surface area contributed by atoms with Crippen LogP contribution >= 0.6 is 11.6 Å². The van der Waals surface area contributed by atoms with E-state index in [1.807, 2.05) is 0 Å². The molecule has 4 aromatic rings. The van der Waals surface area contributed by atoms with Crippen molar-refractivity contribution in [1.82, 2.24) is 14.8 Å². The number of rotatable bonds is 4. The van der Waals surface area contributed by atoms with Crippen molar-refractivity contribution in [3.8, 4) is 22.3 Å². The van der Waals surface area contributed by atoms with Crippen LogP contribution in [0.3, 0.4) is 0 Å². The first-order chi connectivity index (χ1) is 15.9. The minimum atomic E-state index is -4.80. The standard InChI is InChI=1S/C23H15ClF6N4/c24-16-7-3-14(4-8-16)19-17(9-10-32-21(19)31)18-12-34(33-20(18)23(28,29)30)11-13-1-5-15(6-2-13)22(25,26)27/h1-10,12H,11H2,(H2,31,32). The van der Waals surface area contributed by atoms with Gasteiger partial charge in [0.2, 0.25) is 0 Å². The normalized spacial score (nSPS) is 12.2. The van der Waals surface area contributed by atoms with Crippen molar-refractivity contribution in [3.63, 3.8) is 0 Å². The molecule has 0 amide bonds. The Morgan fingerprint density at radius 3 is 2.06 bits per heavy atom. The monoisotopic (exact) mass is 496 g/mol. The zero-order valence-corrected chi connectivity index (χ0v) is 17.9. The first-order valence-corrected chi connectivity index (χ1v) is 10.1. The summed E-state index contributed by atoms with van der Waals surface area (Å²) in [5.74, 6) is 0.0171. The number of pyridine rings is 1. The zero-order chi connectivity index (χ0) is 24.7. The third kappa shape index (κ3) is 4.86. The zero-order valence-electron chi connectivity index (χ0n) is 17.1. The Labute approximate surface area is 194 Å². The molecule has 176 valence electrons. The van der Waals surface area contributed by atoms with E-state index in [1.165, 1.54) is 30.6 Å². The maximum atomic E-state index is 13.9. The lowest BCUT2D eigenvalue weighted by Gasteiger charge is -2.13. The van der Waals surface area contributed by atoms with Gasteiger partial charge in [-0.15, -0.1) is 0 Å². The summed E-state index contributed by atoms with van der Waals surface area (Å²) in [6.45, 7) is -0.169. The quantitative estimate of drug-likeness (QED) is 0.312. The lowest BCUT2D eigenvalue weighted by Crippen LogP contribution is -2.10. The van der Waals surface area contributed by atoms with Crippen LogP contribution in [-0.2, 0) is 18.9 Å². The predicted octanol–water partition coefficient (Wildman–Crippen LogP) is 6.93. The molecule has 4 rings (SSSR count). The molecule has 0 unspecified atom stereocenters. The van der Waals surface area contributed by atoms with Crippen LogP contribution in [-0.4, -0.2) is 14.8 Å². The van der Waals surface area contributed by atoms with Crippen molar-refractivity contribution in [2.45, 2.75) is 18.9 Å². The van der Waals surface area contributed by atoms with Gasteiger partial charge in [-0.2, -0.15) is 31.4 Å². The van der Waals surface area contributed by atoms with Crippen molar-refractivity contribution in [2.24, 2.45) is 0 Å². The number of nitrogens with two attached hydrogens (primary N) is 1. The SMILES string of the molecule is Nc1nccc(-c2cn(Cc3ccc(C(F)(F)F)cc3)nc2C(F)(F)F)c1-c1ccc(Cl)cc1. The van der Waals surface area contributed by atoms with E-state index in [0.717, 1.165) is 16.8 Å². The van der Waals surface area contributed by atoms with Gasteiger partial charge in [-0.3, -0.25) is 4.68 Å². The third-order valence-corrected chi connectivity index (χ3v) is 5.31. The maximum Gasteiger partial charge on any atom is 0.435 e. The molecular weight excluding hydrogens is 482 g/mol. The summed E-state index contributed by atoms with van der Waals surface area (Å²) in [6, 6.07) is 11.9. The Morgan fingerprint density at radius 1 is 0.824 bits per heavy atom. The molecule has 2 aromatic heterocycles. The van der Waals surface area contributed by atoms with Crippen LogP contribution in [0.5, 0.6) is 0 Å². The summed E-state index contributed by atoms with van der Waals surface area (Å²) in [5.41, 5.74) is 5.07. The summed E-state index contributed by atoms with van der Waals surface area (Å²) < 4.78 is 81.1. The molecule has 2 N–H and O–H groups in total. The van der Waals surface area contributed by atoms with Crippen LogP contribution in [0.2, 0.25) is 5.02 Å². The van der Waals surface area contributed by atoms with Gasteiger partial charge in [0.25, 0.3) is 0 Å². The molecule has 0 aliphatic heterocycles. The highest BCUT2D eigenvalue weighted by molar-refractivity contribution is 6.30. The predicted molar refractivity (Wildman–Crippen MR) is 116 cm³/mol. The molecule has 0 atom stereocenters.